The van der Waals surface area contributed by atoms with Crippen molar-refractivity contribution in [3.8, 4) is 0 Å². The second-order valence-electron chi connectivity index (χ2n) is 6.05. The molecule has 0 heterocycles. The molecule has 0 spiro atoms. The van der Waals surface area contributed by atoms with Crippen LogP contribution in [-0.4, -0.2) is 17.8 Å². The van der Waals surface area contributed by atoms with E-state index in [-0.39, 0.29) is 0 Å². The molecule has 2 heteroatoms. The molecular weight excluding hydrogens is 236 g/mol. The maximum atomic E-state index is 9.31. The van der Waals surface area contributed by atoms with Gasteiger partial charge in [0.15, 0.2) is 0 Å². The van der Waals surface area contributed by atoms with Crippen molar-refractivity contribution in [2.45, 2.75) is 45.8 Å². The first-order valence-electron chi connectivity index (χ1n) is 7.47. The molecule has 1 aromatic rings. The van der Waals surface area contributed by atoms with Crippen molar-refractivity contribution in [2.24, 2.45) is 17.8 Å². The summed E-state index contributed by atoms with van der Waals surface area (Å²) < 4.78 is 6.12. The van der Waals surface area contributed by atoms with Crippen LogP contribution >= 0.6 is 0 Å². The van der Waals surface area contributed by atoms with Crippen LogP contribution in [0.3, 0.4) is 0 Å². The Kier molecular flexibility index (Phi) is 5.41. The Morgan fingerprint density at radius 3 is 2.68 bits per heavy atom. The maximum Gasteiger partial charge on any atom is 0.0720 e. The zero-order valence-electron chi connectivity index (χ0n) is 12.1. The van der Waals surface area contributed by atoms with Gasteiger partial charge in [0.2, 0.25) is 0 Å². The highest BCUT2D eigenvalue weighted by Gasteiger charge is 2.30. The lowest BCUT2D eigenvalue weighted by Gasteiger charge is -2.36. The lowest BCUT2D eigenvalue weighted by molar-refractivity contribution is -0.0408. The summed E-state index contributed by atoms with van der Waals surface area (Å²) in [6.45, 7) is 5.44. The molecule has 0 unspecified atom stereocenters. The highest BCUT2D eigenvalue weighted by Crippen LogP contribution is 2.35. The number of benzene rings is 1. The van der Waals surface area contributed by atoms with Crippen LogP contribution < -0.4 is 0 Å². The van der Waals surface area contributed by atoms with E-state index >= 15 is 0 Å². The highest BCUT2D eigenvalue weighted by atomic mass is 16.5. The molecule has 2 rings (SSSR count). The Bertz CT molecular complexity index is 363. The second-order valence-corrected chi connectivity index (χ2v) is 6.05. The molecule has 0 amide bonds. The Morgan fingerprint density at radius 2 is 2.00 bits per heavy atom. The summed E-state index contributed by atoms with van der Waals surface area (Å²) in [5.41, 5.74) is 1.24. The third-order valence-corrected chi connectivity index (χ3v) is 4.56. The van der Waals surface area contributed by atoms with E-state index in [1.165, 1.54) is 18.4 Å². The van der Waals surface area contributed by atoms with E-state index in [1.54, 1.807) is 0 Å². The van der Waals surface area contributed by atoms with Gasteiger partial charge in [-0.1, -0.05) is 44.2 Å². The minimum atomic E-state index is 0.296. The third kappa shape index (κ3) is 4.05. The lowest BCUT2D eigenvalue weighted by atomic mass is 9.75. The summed E-state index contributed by atoms with van der Waals surface area (Å²) in [6.07, 6.45) is 3.88. The average Bonchev–Trinajstić information content (AvgIpc) is 2.46. The average molecular weight is 262 g/mol. The van der Waals surface area contributed by atoms with Crippen molar-refractivity contribution < 1.29 is 9.84 Å². The molecule has 0 aromatic heterocycles. The van der Waals surface area contributed by atoms with Crippen LogP contribution in [0, 0.1) is 17.8 Å². The van der Waals surface area contributed by atoms with Gasteiger partial charge in [0.25, 0.3) is 0 Å². The molecule has 1 aliphatic rings. The van der Waals surface area contributed by atoms with Crippen molar-refractivity contribution in [1.82, 2.24) is 0 Å². The normalized spacial score (nSPS) is 29.1. The van der Waals surface area contributed by atoms with Gasteiger partial charge < -0.3 is 9.84 Å². The Balaban J connectivity index is 1.87. The maximum absolute atomic E-state index is 9.31. The van der Waals surface area contributed by atoms with Crippen molar-refractivity contribution in [1.29, 1.82) is 0 Å². The predicted octanol–water partition coefficient (Wildman–Crippen LogP) is 3.64. The van der Waals surface area contributed by atoms with Gasteiger partial charge >= 0.3 is 0 Å². The van der Waals surface area contributed by atoms with Crippen molar-refractivity contribution in [2.75, 3.05) is 6.61 Å². The molecule has 4 atom stereocenters. The molecule has 1 N–H and O–H groups in total. The van der Waals surface area contributed by atoms with E-state index in [1.807, 2.05) is 6.07 Å². The summed E-state index contributed by atoms with van der Waals surface area (Å²) in [5, 5.41) is 9.31. The smallest absolute Gasteiger partial charge is 0.0720 e. The number of aliphatic hydroxyl groups excluding tert-OH is 1. The van der Waals surface area contributed by atoms with Gasteiger partial charge in [0, 0.05) is 6.61 Å². The largest absolute Gasteiger partial charge is 0.396 e. The number of ether oxygens (including phenoxy) is 1. The molecule has 1 saturated carbocycles. The van der Waals surface area contributed by atoms with Crippen molar-refractivity contribution >= 4 is 0 Å². The standard InChI is InChI=1S/C17H26O2/c1-13-8-9-16(14(2)11-18)10-17(13)19-12-15-6-4-3-5-7-15/h3-7,13-14,16-18H,8-12H2,1-2H3/t13-,14+,16+,17+/m1/s1. The van der Waals surface area contributed by atoms with Crippen LogP contribution in [0.5, 0.6) is 0 Å². The molecule has 2 nitrogen and oxygen atoms in total. The first kappa shape index (κ1) is 14.5. The Hall–Kier alpha value is -0.860. The number of rotatable bonds is 5. The molecule has 0 bridgehead atoms. The summed E-state index contributed by atoms with van der Waals surface area (Å²) in [4.78, 5) is 0. The second kappa shape index (κ2) is 7.06. The minimum absolute atomic E-state index is 0.296. The minimum Gasteiger partial charge on any atom is -0.396 e. The third-order valence-electron chi connectivity index (χ3n) is 4.56. The van der Waals surface area contributed by atoms with Gasteiger partial charge in [-0.3, -0.25) is 0 Å². The summed E-state index contributed by atoms with van der Waals surface area (Å²) in [7, 11) is 0. The van der Waals surface area contributed by atoms with E-state index in [2.05, 4.69) is 38.1 Å². The quantitative estimate of drug-likeness (QED) is 0.878. The van der Waals surface area contributed by atoms with E-state index in [9.17, 15) is 5.11 Å². The van der Waals surface area contributed by atoms with Gasteiger partial charge in [0.05, 0.1) is 12.7 Å². The van der Waals surface area contributed by atoms with Crippen LogP contribution in [-0.2, 0) is 11.3 Å². The van der Waals surface area contributed by atoms with E-state index in [4.69, 9.17) is 4.74 Å². The first-order valence-corrected chi connectivity index (χ1v) is 7.47. The molecule has 1 aromatic carbocycles. The lowest BCUT2D eigenvalue weighted by Crippen LogP contribution is -2.33. The van der Waals surface area contributed by atoms with Gasteiger partial charge in [-0.15, -0.1) is 0 Å². The Morgan fingerprint density at radius 1 is 1.26 bits per heavy atom. The van der Waals surface area contributed by atoms with Gasteiger partial charge in [-0.25, -0.2) is 0 Å². The fourth-order valence-corrected chi connectivity index (χ4v) is 2.99. The number of aliphatic hydroxyl groups is 1. The predicted molar refractivity (Wildman–Crippen MR) is 77.8 cm³/mol. The van der Waals surface area contributed by atoms with Gasteiger partial charge in [-0.05, 0) is 42.6 Å². The van der Waals surface area contributed by atoms with Crippen LogP contribution in [0.1, 0.15) is 38.7 Å². The first-order chi connectivity index (χ1) is 9.20. The van der Waals surface area contributed by atoms with Gasteiger partial charge in [0.1, 0.15) is 0 Å². The van der Waals surface area contributed by atoms with Crippen LogP contribution in [0.4, 0.5) is 0 Å². The zero-order chi connectivity index (χ0) is 13.7. The summed E-state index contributed by atoms with van der Waals surface area (Å²) in [5.74, 6) is 1.64. The SMILES string of the molecule is C[C@@H]1CC[C@H]([C@@H](C)CO)C[C@@H]1OCc1ccccc1. The summed E-state index contributed by atoms with van der Waals surface area (Å²) in [6, 6.07) is 10.4. The monoisotopic (exact) mass is 262 g/mol. The molecular formula is C17H26O2. The summed E-state index contributed by atoms with van der Waals surface area (Å²) >= 11 is 0. The highest BCUT2D eigenvalue weighted by molar-refractivity contribution is 5.13. The molecule has 106 valence electrons. The molecule has 1 aliphatic carbocycles. The fourth-order valence-electron chi connectivity index (χ4n) is 2.99. The van der Waals surface area contributed by atoms with Crippen molar-refractivity contribution in [3.05, 3.63) is 35.9 Å². The van der Waals surface area contributed by atoms with E-state index < -0.39 is 0 Å². The number of hydrogen-bond acceptors (Lipinski definition) is 2. The van der Waals surface area contributed by atoms with Crippen LogP contribution in [0.25, 0.3) is 0 Å². The molecule has 0 aliphatic heterocycles. The molecule has 1 fully saturated rings. The number of hydrogen-bond donors (Lipinski definition) is 1. The molecule has 0 radical (unpaired) electrons. The topological polar surface area (TPSA) is 29.5 Å². The van der Waals surface area contributed by atoms with Crippen molar-refractivity contribution in [3.63, 3.8) is 0 Å². The molecule has 19 heavy (non-hydrogen) atoms. The van der Waals surface area contributed by atoms with Crippen LogP contribution in [0.2, 0.25) is 0 Å². The van der Waals surface area contributed by atoms with E-state index in [0.717, 1.165) is 6.42 Å². The Labute approximate surface area is 116 Å². The zero-order valence-corrected chi connectivity index (χ0v) is 12.1. The van der Waals surface area contributed by atoms with E-state index in [0.29, 0.717) is 37.1 Å². The van der Waals surface area contributed by atoms with Crippen LogP contribution in [0.15, 0.2) is 30.3 Å². The van der Waals surface area contributed by atoms with Gasteiger partial charge in [-0.2, -0.15) is 0 Å². The fraction of sp³-hybridized carbons (Fsp3) is 0.647. The molecule has 0 saturated heterocycles.